The highest BCUT2D eigenvalue weighted by molar-refractivity contribution is 5.37. The van der Waals surface area contributed by atoms with Crippen molar-refractivity contribution in [3.05, 3.63) is 29.9 Å². The fourth-order valence-electron chi connectivity index (χ4n) is 1.32. The minimum Gasteiger partial charge on any atom is -0.478 e. The Hall–Kier alpha value is -2.11. The molecule has 0 unspecified atom stereocenters. The normalized spacial score (nSPS) is 10.2. The van der Waals surface area contributed by atoms with Crippen LogP contribution < -0.4 is 10.1 Å². The maximum absolute atomic E-state index is 5.30. The van der Waals surface area contributed by atoms with Crippen LogP contribution in [0.15, 0.2) is 22.7 Å². The van der Waals surface area contributed by atoms with Crippen LogP contribution in [0.25, 0.3) is 0 Å². The number of pyridine rings is 1. The summed E-state index contributed by atoms with van der Waals surface area (Å²) >= 11 is 0. The van der Waals surface area contributed by atoms with Crippen LogP contribution in [0.4, 0.5) is 5.82 Å². The number of nitrogens with one attached hydrogen (secondary N) is 1. The Labute approximate surface area is 99.0 Å². The lowest BCUT2D eigenvalue weighted by atomic mass is 10.4. The molecule has 0 atom stereocenters. The number of hydrogen-bond acceptors (Lipinski definition) is 6. The monoisotopic (exact) mass is 234 g/mol. The molecule has 0 saturated carbocycles. The predicted octanol–water partition coefficient (Wildman–Crippen LogP) is 1.78. The topological polar surface area (TPSA) is 73.1 Å². The summed E-state index contributed by atoms with van der Waals surface area (Å²) in [5, 5.41) is 6.88. The molecule has 0 spiro atoms. The van der Waals surface area contributed by atoms with Crippen molar-refractivity contribution < 1.29 is 9.26 Å². The van der Waals surface area contributed by atoms with Crippen molar-refractivity contribution in [2.24, 2.45) is 0 Å². The van der Waals surface area contributed by atoms with E-state index in [1.807, 2.05) is 25.1 Å². The maximum atomic E-state index is 5.30. The molecule has 2 aromatic rings. The van der Waals surface area contributed by atoms with Gasteiger partial charge in [-0.1, -0.05) is 11.2 Å². The molecule has 6 heteroatoms. The molecule has 0 aliphatic heterocycles. The second kappa shape index (κ2) is 5.29. The van der Waals surface area contributed by atoms with Gasteiger partial charge in [0.25, 0.3) is 0 Å². The van der Waals surface area contributed by atoms with Crippen LogP contribution in [0, 0.1) is 6.92 Å². The van der Waals surface area contributed by atoms with Gasteiger partial charge in [-0.3, -0.25) is 0 Å². The van der Waals surface area contributed by atoms with E-state index in [2.05, 4.69) is 20.4 Å². The molecule has 17 heavy (non-hydrogen) atoms. The molecular formula is C11H14N4O2. The summed E-state index contributed by atoms with van der Waals surface area (Å²) in [6.07, 6.45) is 0. The molecule has 0 aliphatic rings. The van der Waals surface area contributed by atoms with Crippen LogP contribution in [-0.4, -0.2) is 21.7 Å². The number of hydrogen-bond donors (Lipinski definition) is 1. The van der Waals surface area contributed by atoms with Crippen molar-refractivity contribution in [2.45, 2.75) is 20.4 Å². The zero-order valence-corrected chi connectivity index (χ0v) is 9.80. The fraction of sp³-hybridized carbons (Fsp3) is 0.364. The van der Waals surface area contributed by atoms with Crippen molar-refractivity contribution in [3.63, 3.8) is 0 Å². The van der Waals surface area contributed by atoms with E-state index in [0.717, 1.165) is 5.82 Å². The van der Waals surface area contributed by atoms with Crippen molar-refractivity contribution in [1.82, 2.24) is 15.1 Å². The van der Waals surface area contributed by atoms with Gasteiger partial charge in [0, 0.05) is 13.0 Å². The van der Waals surface area contributed by atoms with Gasteiger partial charge in [0.1, 0.15) is 5.82 Å². The van der Waals surface area contributed by atoms with Gasteiger partial charge in [0.05, 0.1) is 13.2 Å². The summed E-state index contributed by atoms with van der Waals surface area (Å²) in [6, 6.07) is 5.55. The van der Waals surface area contributed by atoms with E-state index in [1.54, 1.807) is 6.92 Å². The summed E-state index contributed by atoms with van der Waals surface area (Å²) < 4.78 is 10.2. The predicted molar refractivity (Wildman–Crippen MR) is 61.8 cm³/mol. The molecule has 0 amide bonds. The molecule has 2 rings (SSSR count). The number of anilines is 1. The van der Waals surface area contributed by atoms with Crippen LogP contribution in [0.5, 0.6) is 5.88 Å². The Balaban J connectivity index is 1.96. The van der Waals surface area contributed by atoms with Gasteiger partial charge in [-0.15, -0.1) is 0 Å². The molecule has 2 aromatic heterocycles. The van der Waals surface area contributed by atoms with E-state index in [4.69, 9.17) is 9.26 Å². The molecule has 0 radical (unpaired) electrons. The molecule has 0 aliphatic carbocycles. The first-order valence-electron chi connectivity index (χ1n) is 5.41. The standard InChI is InChI=1S/C11H14N4O2/c1-3-16-11-6-4-5-9(14-11)12-7-10-13-8(2)17-15-10/h4-6H,3,7H2,1-2H3,(H,12,14). The van der Waals surface area contributed by atoms with Gasteiger partial charge in [-0.2, -0.15) is 9.97 Å². The average Bonchev–Trinajstić information content (AvgIpc) is 2.74. The Morgan fingerprint density at radius 1 is 1.35 bits per heavy atom. The minimum absolute atomic E-state index is 0.472. The largest absolute Gasteiger partial charge is 0.478 e. The van der Waals surface area contributed by atoms with Gasteiger partial charge in [0.2, 0.25) is 11.8 Å². The Bertz CT molecular complexity index is 484. The Morgan fingerprint density at radius 3 is 2.94 bits per heavy atom. The molecule has 0 aromatic carbocycles. The molecule has 6 nitrogen and oxygen atoms in total. The highest BCUT2D eigenvalue weighted by atomic mass is 16.5. The second-order valence-electron chi connectivity index (χ2n) is 3.38. The van der Waals surface area contributed by atoms with Crippen LogP contribution in [0.1, 0.15) is 18.6 Å². The zero-order valence-electron chi connectivity index (χ0n) is 9.80. The number of nitrogens with zero attached hydrogens (tertiary/aromatic N) is 3. The summed E-state index contributed by atoms with van der Waals surface area (Å²) in [5.41, 5.74) is 0. The van der Waals surface area contributed by atoms with Gasteiger partial charge >= 0.3 is 0 Å². The molecular weight excluding hydrogens is 220 g/mol. The molecule has 90 valence electrons. The van der Waals surface area contributed by atoms with Gasteiger partial charge in [0.15, 0.2) is 5.82 Å². The van der Waals surface area contributed by atoms with Crippen LogP contribution in [0.3, 0.4) is 0 Å². The third-order valence-corrected chi connectivity index (χ3v) is 2.01. The van der Waals surface area contributed by atoms with E-state index in [0.29, 0.717) is 30.7 Å². The van der Waals surface area contributed by atoms with Crippen molar-refractivity contribution in [2.75, 3.05) is 11.9 Å². The first kappa shape index (κ1) is 11.4. The third kappa shape index (κ3) is 3.17. The van der Waals surface area contributed by atoms with Crippen molar-refractivity contribution >= 4 is 5.82 Å². The highest BCUT2D eigenvalue weighted by Crippen LogP contribution is 2.11. The number of ether oxygens (including phenoxy) is 1. The zero-order chi connectivity index (χ0) is 12.1. The third-order valence-electron chi connectivity index (χ3n) is 2.01. The first-order chi connectivity index (χ1) is 8.28. The number of rotatable bonds is 5. The first-order valence-corrected chi connectivity index (χ1v) is 5.41. The molecule has 0 fully saturated rings. The summed E-state index contributed by atoms with van der Waals surface area (Å²) in [4.78, 5) is 8.35. The maximum Gasteiger partial charge on any atom is 0.223 e. The quantitative estimate of drug-likeness (QED) is 0.850. The summed E-state index contributed by atoms with van der Waals surface area (Å²) in [6.45, 7) is 4.74. The van der Waals surface area contributed by atoms with E-state index in [1.165, 1.54) is 0 Å². The lowest BCUT2D eigenvalue weighted by molar-refractivity contribution is 0.327. The lowest BCUT2D eigenvalue weighted by Crippen LogP contribution is -2.04. The molecule has 0 saturated heterocycles. The molecule has 0 bridgehead atoms. The molecule has 1 N–H and O–H groups in total. The smallest absolute Gasteiger partial charge is 0.223 e. The summed E-state index contributed by atoms with van der Waals surface area (Å²) in [7, 11) is 0. The highest BCUT2D eigenvalue weighted by Gasteiger charge is 2.03. The van der Waals surface area contributed by atoms with E-state index in [-0.39, 0.29) is 0 Å². The molecule has 2 heterocycles. The minimum atomic E-state index is 0.472. The Kier molecular flexibility index (Phi) is 3.54. The SMILES string of the molecule is CCOc1cccc(NCc2noc(C)n2)n1. The van der Waals surface area contributed by atoms with Crippen molar-refractivity contribution in [3.8, 4) is 5.88 Å². The van der Waals surface area contributed by atoms with E-state index >= 15 is 0 Å². The van der Waals surface area contributed by atoms with E-state index < -0.39 is 0 Å². The fourth-order valence-corrected chi connectivity index (χ4v) is 1.32. The summed E-state index contributed by atoms with van der Waals surface area (Å²) in [5.74, 6) is 2.48. The van der Waals surface area contributed by atoms with Crippen LogP contribution in [0.2, 0.25) is 0 Å². The van der Waals surface area contributed by atoms with Crippen molar-refractivity contribution in [1.29, 1.82) is 0 Å². The second-order valence-corrected chi connectivity index (χ2v) is 3.38. The lowest BCUT2D eigenvalue weighted by Gasteiger charge is -2.05. The van der Waals surface area contributed by atoms with Gasteiger partial charge in [-0.05, 0) is 13.0 Å². The number of aryl methyl sites for hydroxylation is 1. The number of aromatic nitrogens is 3. The van der Waals surface area contributed by atoms with E-state index in [9.17, 15) is 0 Å². The van der Waals surface area contributed by atoms with Crippen LogP contribution >= 0.6 is 0 Å². The van der Waals surface area contributed by atoms with Gasteiger partial charge in [-0.25, -0.2) is 0 Å². The Morgan fingerprint density at radius 2 is 2.24 bits per heavy atom. The van der Waals surface area contributed by atoms with Gasteiger partial charge < -0.3 is 14.6 Å². The average molecular weight is 234 g/mol. The van der Waals surface area contributed by atoms with Crippen LogP contribution in [-0.2, 0) is 6.54 Å².